The summed E-state index contributed by atoms with van der Waals surface area (Å²) in [6, 6.07) is 15.1. The second-order valence-electron chi connectivity index (χ2n) is 7.46. The summed E-state index contributed by atoms with van der Waals surface area (Å²) in [5.74, 6) is -0.946. The Morgan fingerprint density at radius 2 is 1.83 bits per heavy atom. The first kappa shape index (κ1) is 19.1. The second kappa shape index (κ2) is 7.62. The third-order valence-corrected chi connectivity index (χ3v) is 5.65. The normalized spacial score (nSPS) is 23.1. The molecule has 0 amide bonds. The molecule has 3 atom stereocenters. The summed E-state index contributed by atoms with van der Waals surface area (Å²) in [6.45, 7) is 1.91. The van der Waals surface area contributed by atoms with Gasteiger partial charge in [0.15, 0.2) is 5.78 Å². The average molecular weight is 392 g/mol. The molecule has 2 N–H and O–H groups in total. The van der Waals surface area contributed by atoms with Crippen molar-refractivity contribution in [2.45, 2.75) is 19.4 Å². The van der Waals surface area contributed by atoms with Gasteiger partial charge in [0, 0.05) is 11.3 Å². The van der Waals surface area contributed by atoms with Crippen LogP contribution in [0.2, 0.25) is 0 Å². The zero-order valence-electron chi connectivity index (χ0n) is 16.7. The van der Waals surface area contributed by atoms with Crippen LogP contribution < -0.4 is 15.4 Å². The molecule has 2 aliphatic rings. The molecule has 150 valence electrons. The van der Waals surface area contributed by atoms with Gasteiger partial charge >= 0.3 is 5.97 Å². The topological polar surface area (TPSA) is 76.7 Å². The Morgan fingerprint density at radius 1 is 1.07 bits per heavy atom. The number of allylic oxidation sites excluding steroid dienone is 1. The van der Waals surface area contributed by atoms with Gasteiger partial charge in [-0.05, 0) is 42.2 Å². The highest BCUT2D eigenvalue weighted by atomic mass is 16.5. The van der Waals surface area contributed by atoms with Crippen molar-refractivity contribution in [2.75, 3.05) is 24.9 Å². The van der Waals surface area contributed by atoms with Gasteiger partial charge in [0.05, 0.1) is 31.6 Å². The average Bonchev–Trinajstić information content (AvgIpc) is 2.90. The van der Waals surface area contributed by atoms with Crippen LogP contribution in [0.1, 0.15) is 24.9 Å². The molecule has 2 aromatic carbocycles. The number of carbonyl (C=O) groups excluding carboxylic acids is 2. The number of hydrogen-bond acceptors (Lipinski definition) is 6. The number of carbonyl (C=O) groups is 2. The maximum absolute atomic E-state index is 13.5. The molecule has 2 aromatic rings. The smallest absolute Gasteiger partial charge is 0.316 e. The first-order valence-electron chi connectivity index (χ1n) is 9.65. The molecule has 0 unspecified atom stereocenters. The van der Waals surface area contributed by atoms with Gasteiger partial charge in [-0.3, -0.25) is 9.59 Å². The highest BCUT2D eigenvalue weighted by Crippen LogP contribution is 2.44. The lowest BCUT2D eigenvalue weighted by atomic mass is 9.75. The molecule has 0 aromatic heterocycles. The maximum Gasteiger partial charge on any atom is 0.316 e. The molecule has 29 heavy (non-hydrogen) atoms. The lowest BCUT2D eigenvalue weighted by molar-refractivity contribution is -0.151. The molecule has 0 spiro atoms. The van der Waals surface area contributed by atoms with E-state index < -0.39 is 17.9 Å². The minimum absolute atomic E-state index is 0.155. The van der Waals surface area contributed by atoms with Crippen molar-refractivity contribution < 1.29 is 19.1 Å². The maximum atomic E-state index is 13.5. The summed E-state index contributed by atoms with van der Waals surface area (Å²) in [7, 11) is 2.94. The summed E-state index contributed by atoms with van der Waals surface area (Å²) < 4.78 is 10.3. The fraction of sp³-hybridized carbons (Fsp3) is 0.304. The van der Waals surface area contributed by atoms with Crippen LogP contribution in [0.4, 0.5) is 11.4 Å². The molecular formula is C23H24N2O4. The molecular weight excluding hydrogens is 368 g/mol. The fourth-order valence-corrected chi connectivity index (χ4v) is 4.20. The van der Waals surface area contributed by atoms with Crippen molar-refractivity contribution in [3.8, 4) is 5.75 Å². The Balaban J connectivity index is 1.87. The van der Waals surface area contributed by atoms with E-state index in [0.29, 0.717) is 17.7 Å². The van der Waals surface area contributed by atoms with Gasteiger partial charge in [0.25, 0.3) is 0 Å². The summed E-state index contributed by atoms with van der Waals surface area (Å²) in [6.07, 6.45) is 0.581. The molecule has 0 bridgehead atoms. The Kier molecular flexibility index (Phi) is 5.01. The molecule has 0 saturated heterocycles. The second-order valence-corrected chi connectivity index (χ2v) is 7.46. The Hall–Kier alpha value is -3.28. The van der Waals surface area contributed by atoms with Gasteiger partial charge in [0.1, 0.15) is 11.7 Å². The van der Waals surface area contributed by atoms with E-state index >= 15 is 0 Å². The number of ketones is 1. The molecule has 0 saturated carbocycles. The standard InChI is InChI=1S/C23H24N2O4/c1-13-11-18-20(22(26)19(13)23(27)29-3)21(14-7-6-8-15(12-14)28-2)25-17-10-5-4-9-16(17)24-18/h4-10,12-13,19,21,24-25H,11H2,1-3H3/t13-,19-,21+/m0/s1. The van der Waals surface area contributed by atoms with E-state index in [1.54, 1.807) is 7.11 Å². The van der Waals surface area contributed by atoms with Crippen molar-refractivity contribution in [3.63, 3.8) is 0 Å². The van der Waals surface area contributed by atoms with Crippen molar-refractivity contribution >= 4 is 23.1 Å². The third kappa shape index (κ3) is 3.35. The van der Waals surface area contributed by atoms with E-state index in [-0.39, 0.29) is 11.7 Å². The number of methoxy groups -OCH3 is 2. The van der Waals surface area contributed by atoms with Crippen molar-refractivity contribution in [1.82, 2.24) is 0 Å². The number of esters is 1. The molecule has 6 heteroatoms. The van der Waals surface area contributed by atoms with Gasteiger partial charge in [-0.25, -0.2) is 0 Å². The molecule has 0 fully saturated rings. The van der Waals surface area contributed by atoms with Crippen LogP contribution in [-0.2, 0) is 14.3 Å². The number of ether oxygens (including phenoxy) is 2. The lowest BCUT2D eigenvalue weighted by Gasteiger charge is -2.32. The Bertz CT molecular complexity index is 998. The van der Waals surface area contributed by atoms with E-state index in [0.717, 1.165) is 22.6 Å². The Morgan fingerprint density at radius 3 is 2.55 bits per heavy atom. The lowest BCUT2D eigenvalue weighted by Crippen LogP contribution is -2.39. The largest absolute Gasteiger partial charge is 0.497 e. The van der Waals surface area contributed by atoms with Gasteiger partial charge in [0.2, 0.25) is 0 Å². The van der Waals surface area contributed by atoms with Gasteiger partial charge in [-0.1, -0.05) is 31.2 Å². The van der Waals surface area contributed by atoms with Crippen LogP contribution in [0.25, 0.3) is 0 Å². The van der Waals surface area contributed by atoms with Crippen LogP contribution in [0, 0.1) is 11.8 Å². The zero-order chi connectivity index (χ0) is 20.5. The fourth-order valence-electron chi connectivity index (χ4n) is 4.20. The summed E-state index contributed by atoms with van der Waals surface area (Å²) in [5.41, 5.74) is 4.10. The van der Waals surface area contributed by atoms with Crippen LogP contribution in [0.15, 0.2) is 59.8 Å². The van der Waals surface area contributed by atoms with Crippen LogP contribution in [-0.4, -0.2) is 26.0 Å². The number of Topliss-reactive ketones (excluding diaryl/α,β-unsaturated/α-hetero) is 1. The number of benzene rings is 2. The number of hydrogen-bond donors (Lipinski definition) is 2. The summed E-state index contributed by atoms with van der Waals surface area (Å²) in [4.78, 5) is 25.9. The molecule has 1 aliphatic carbocycles. The van der Waals surface area contributed by atoms with E-state index in [2.05, 4.69) is 10.6 Å². The summed E-state index contributed by atoms with van der Waals surface area (Å²) >= 11 is 0. The zero-order valence-corrected chi connectivity index (χ0v) is 16.7. The highest BCUT2D eigenvalue weighted by Gasteiger charge is 2.44. The highest BCUT2D eigenvalue weighted by molar-refractivity contribution is 6.11. The van der Waals surface area contributed by atoms with Gasteiger partial charge < -0.3 is 20.1 Å². The van der Waals surface area contributed by atoms with Crippen LogP contribution >= 0.6 is 0 Å². The first-order chi connectivity index (χ1) is 14.0. The molecule has 1 aliphatic heterocycles. The molecule has 1 heterocycles. The predicted octanol–water partition coefficient (Wildman–Crippen LogP) is 3.93. The monoisotopic (exact) mass is 392 g/mol. The Labute approximate surface area is 169 Å². The minimum Gasteiger partial charge on any atom is -0.497 e. The van der Waals surface area contributed by atoms with Crippen molar-refractivity contribution in [3.05, 3.63) is 65.4 Å². The van der Waals surface area contributed by atoms with Crippen molar-refractivity contribution in [1.29, 1.82) is 0 Å². The molecule has 4 rings (SSSR count). The number of nitrogens with one attached hydrogen (secondary N) is 2. The van der Waals surface area contributed by atoms with E-state index in [9.17, 15) is 9.59 Å². The first-order valence-corrected chi connectivity index (χ1v) is 9.65. The van der Waals surface area contributed by atoms with Crippen LogP contribution in [0.3, 0.4) is 0 Å². The van der Waals surface area contributed by atoms with Crippen molar-refractivity contribution in [2.24, 2.45) is 11.8 Å². The molecule has 0 radical (unpaired) electrons. The van der Waals surface area contributed by atoms with Crippen LogP contribution in [0.5, 0.6) is 5.75 Å². The van der Waals surface area contributed by atoms with E-state index in [1.165, 1.54) is 7.11 Å². The number of fused-ring (bicyclic) bond motifs is 1. The minimum atomic E-state index is -0.809. The number of rotatable bonds is 3. The SMILES string of the molecule is COC(=O)[C@@H]1C(=O)C2=C(C[C@@H]1C)Nc1ccccc1N[C@@H]2c1cccc(OC)c1. The van der Waals surface area contributed by atoms with E-state index in [4.69, 9.17) is 9.47 Å². The molecule has 6 nitrogen and oxygen atoms in total. The number of anilines is 2. The third-order valence-electron chi connectivity index (χ3n) is 5.65. The summed E-state index contributed by atoms with van der Waals surface area (Å²) in [5, 5.41) is 6.94. The quantitative estimate of drug-likeness (QED) is 0.609. The van der Waals surface area contributed by atoms with Gasteiger partial charge in [-0.15, -0.1) is 0 Å². The van der Waals surface area contributed by atoms with Gasteiger partial charge in [-0.2, -0.15) is 0 Å². The number of para-hydroxylation sites is 2. The van der Waals surface area contributed by atoms with E-state index in [1.807, 2.05) is 55.5 Å². The predicted molar refractivity (Wildman–Crippen MR) is 111 cm³/mol.